The molecule has 0 unspecified atom stereocenters. The Kier molecular flexibility index (Phi) is 6.12. The van der Waals surface area contributed by atoms with E-state index in [1.807, 2.05) is 6.92 Å². The molecule has 1 aromatic rings. The zero-order chi connectivity index (χ0) is 15.2. The molecule has 0 atom stereocenters. The minimum atomic E-state index is -3.84. The summed E-state index contributed by atoms with van der Waals surface area (Å²) >= 11 is 0. The van der Waals surface area contributed by atoms with E-state index in [-0.39, 0.29) is 17.1 Å². The van der Waals surface area contributed by atoms with Gasteiger partial charge in [-0.2, -0.15) is 0 Å². The number of benzene rings is 1. The lowest BCUT2D eigenvalue weighted by molar-refractivity contribution is 0.0467. The highest BCUT2D eigenvalue weighted by Crippen LogP contribution is 2.17. The standard InChI is InChI=1S/C13H19NO5S/c1-3-10-5-6-11(20(14,16)17)9-12(10)13(15)19-8-4-7-18-2/h5-6,9H,3-4,7-8H2,1-2H3,(H2,14,16,17). The number of hydrogen-bond donors (Lipinski definition) is 1. The lowest BCUT2D eigenvalue weighted by atomic mass is 10.1. The Hall–Kier alpha value is -1.44. The van der Waals surface area contributed by atoms with Crippen molar-refractivity contribution in [2.24, 2.45) is 5.14 Å². The van der Waals surface area contributed by atoms with E-state index in [1.165, 1.54) is 12.1 Å². The monoisotopic (exact) mass is 301 g/mol. The fourth-order valence-electron chi connectivity index (χ4n) is 1.68. The van der Waals surface area contributed by atoms with Gasteiger partial charge in [0.05, 0.1) is 17.1 Å². The second-order valence-corrected chi connectivity index (χ2v) is 5.76. The van der Waals surface area contributed by atoms with E-state index in [4.69, 9.17) is 14.6 Å². The molecule has 0 bridgehead atoms. The number of sulfonamides is 1. The summed E-state index contributed by atoms with van der Waals surface area (Å²) in [6, 6.07) is 4.22. The maximum atomic E-state index is 12.0. The largest absolute Gasteiger partial charge is 0.462 e. The van der Waals surface area contributed by atoms with Crippen LogP contribution in [0.5, 0.6) is 0 Å². The Balaban J connectivity index is 2.93. The van der Waals surface area contributed by atoms with Crippen molar-refractivity contribution in [3.8, 4) is 0 Å². The molecule has 0 aliphatic heterocycles. The van der Waals surface area contributed by atoms with Gasteiger partial charge in [0, 0.05) is 20.1 Å². The third-order valence-electron chi connectivity index (χ3n) is 2.74. The van der Waals surface area contributed by atoms with Gasteiger partial charge in [0.25, 0.3) is 0 Å². The van der Waals surface area contributed by atoms with Gasteiger partial charge in [0.2, 0.25) is 10.0 Å². The van der Waals surface area contributed by atoms with Crippen molar-refractivity contribution in [2.45, 2.75) is 24.7 Å². The summed E-state index contributed by atoms with van der Waals surface area (Å²) in [6.07, 6.45) is 1.17. The summed E-state index contributed by atoms with van der Waals surface area (Å²) in [5, 5.41) is 5.06. The quantitative estimate of drug-likeness (QED) is 0.601. The molecule has 0 spiro atoms. The van der Waals surface area contributed by atoms with Crippen LogP contribution in [0.1, 0.15) is 29.3 Å². The Labute approximate surface area is 118 Å². The van der Waals surface area contributed by atoms with Crippen LogP contribution in [0.3, 0.4) is 0 Å². The molecule has 0 saturated carbocycles. The number of esters is 1. The van der Waals surface area contributed by atoms with Crippen LogP contribution in [0.15, 0.2) is 23.1 Å². The molecule has 112 valence electrons. The highest BCUT2D eigenvalue weighted by atomic mass is 32.2. The number of aryl methyl sites for hydroxylation is 1. The van der Waals surface area contributed by atoms with E-state index in [0.717, 1.165) is 0 Å². The lowest BCUT2D eigenvalue weighted by Gasteiger charge is -2.10. The van der Waals surface area contributed by atoms with Gasteiger partial charge in [0.1, 0.15) is 0 Å². The van der Waals surface area contributed by atoms with Gasteiger partial charge in [-0.3, -0.25) is 0 Å². The Morgan fingerprint density at radius 1 is 1.30 bits per heavy atom. The van der Waals surface area contributed by atoms with E-state index in [2.05, 4.69) is 0 Å². The molecule has 0 aliphatic rings. The molecule has 0 aromatic heterocycles. The smallest absolute Gasteiger partial charge is 0.338 e. The van der Waals surface area contributed by atoms with E-state index >= 15 is 0 Å². The van der Waals surface area contributed by atoms with Crippen LogP contribution < -0.4 is 5.14 Å². The summed E-state index contributed by atoms with van der Waals surface area (Å²) in [4.78, 5) is 11.9. The van der Waals surface area contributed by atoms with Crippen molar-refractivity contribution in [1.29, 1.82) is 0 Å². The zero-order valence-electron chi connectivity index (χ0n) is 11.6. The third kappa shape index (κ3) is 4.59. The van der Waals surface area contributed by atoms with Gasteiger partial charge in [-0.1, -0.05) is 13.0 Å². The van der Waals surface area contributed by atoms with Gasteiger partial charge in [-0.25, -0.2) is 18.4 Å². The fraction of sp³-hybridized carbons (Fsp3) is 0.462. The van der Waals surface area contributed by atoms with Gasteiger partial charge in [-0.15, -0.1) is 0 Å². The molecule has 2 N–H and O–H groups in total. The van der Waals surface area contributed by atoms with Crippen molar-refractivity contribution >= 4 is 16.0 Å². The van der Waals surface area contributed by atoms with E-state index in [1.54, 1.807) is 13.2 Å². The Morgan fingerprint density at radius 2 is 2.00 bits per heavy atom. The van der Waals surface area contributed by atoms with Gasteiger partial charge in [0.15, 0.2) is 0 Å². The van der Waals surface area contributed by atoms with Crippen LogP contribution >= 0.6 is 0 Å². The van der Waals surface area contributed by atoms with Crippen molar-refractivity contribution in [2.75, 3.05) is 20.3 Å². The molecular formula is C13H19NO5S. The molecular weight excluding hydrogens is 282 g/mol. The van der Waals surface area contributed by atoms with Crippen molar-refractivity contribution in [3.63, 3.8) is 0 Å². The number of rotatable bonds is 7. The second-order valence-electron chi connectivity index (χ2n) is 4.20. The maximum Gasteiger partial charge on any atom is 0.338 e. The Morgan fingerprint density at radius 3 is 2.55 bits per heavy atom. The van der Waals surface area contributed by atoms with E-state index in [0.29, 0.717) is 25.0 Å². The summed E-state index contributed by atoms with van der Waals surface area (Å²) in [7, 11) is -2.28. The van der Waals surface area contributed by atoms with E-state index in [9.17, 15) is 13.2 Å². The summed E-state index contributed by atoms with van der Waals surface area (Å²) in [5.74, 6) is -0.552. The van der Waals surface area contributed by atoms with Crippen LogP contribution in [0.4, 0.5) is 0 Å². The van der Waals surface area contributed by atoms with Gasteiger partial charge < -0.3 is 9.47 Å². The topological polar surface area (TPSA) is 95.7 Å². The highest BCUT2D eigenvalue weighted by Gasteiger charge is 2.16. The van der Waals surface area contributed by atoms with Crippen LogP contribution in [0, 0.1) is 0 Å². The van der Waals surface area contributed by atoms with Crippen LogP contribution in [-0.2, 0) is 25.9 Å². The summed E-state index contributed by atoms with van der Waals surface area (Å²) in [5.41, 5.74) is 0.950. The molecule has 0 fully saturated rings. The molecule has 0 amide bonds. The number of primary sulfonamides is 1. The first kappa shape index (κ1) is 16.6. The summed E-state index contributed by atoms with van der Waals surface area (Å²) < 4.78 is 32.6. The van der Waals surface area contributed by atoms with Crippen LogP contribution in [-0.4, -0.2) is 34.7 Å². The molecule has 1 aromatic carbocycles. The molecule has 7 heteroatoms. The second kappa shape index (κ2) is 7.37. The first-order valence-corrected chi connectivity index (χ1v) is 7.76. The van der Waals surface area contributed by atoms with Crippen molar-refractivity contribution in [3.05, 3.63) is 29.3 Å². The number of hydrogen-bond acceptors (Lipinski definition) is 5. The number of nitrogens with two attached hydrogens (primary N) is 1. The molecule has 0 heterocycles. The molecule has 0 aliphatic carbocycles. The molecule has 1 rings (SSSR count). The number of ether oxygens (including phenoxy) is 2. The average Bonchev–Trinajstić information content (AvgIpc) is 2.41. The third-order valence-corrected chi connectivity index (χ3v) is 3.65. The minimum Gasteiger partial charge on any atom is -0.462 e. The molecule has 0 radical (unpaired) electrons. The maximum absolute atomic E-state index is 12.0. The molecule has 20 heavy (non-hydrogen) atoms. The van der Waals surface area contributed by atoms with Crippen LogP contribution in [0.2, 0.25) is 0 Å². The number of carbonyl (C=O) groups is 1. The summed E-state index contributed by atoms with van der Waals surface area (Å²) in [6.45, 7) is 2.58. The molecule has 0 saturated heterocycles. The minimum absolute atomic E-state index is 0.0986. The zero-order valence-corrected chi connectivity index (χ0v) is 12.4. The predicted octanol–water partition coefficient (Wildman–Crippen LogP) is 1.09. The lowest BCUT2D eigenvalue weighted by Crippen LogP contribution is -2.15. The van der Waals surface area contributed by atoms with Crippen LogP contribution in [0.25, 0.3) is 0 Å². The van der Waals surface area contributed by atoms with Gasteiger partial charge >= 0.3 is 5.97 Å². The Bertz CT molecular complexity index is 568. The normalized spacial score (nSPS) is 11.3. The highest BCUT2D eigenvalue weighted by molar-refractivity contribution is 7.89. The van der Waals surface area contributed by atoms with Gasteiger partial charge in [-0.05, 0) is 24.1 Å². The first-order chi connectivity index (χ1) is 9.40. The SMILES string of the molecule is CCc1ccc(S(N)(=O)=O)cc1C(=O)OCCCOC. The molecule has 6 nitrogen and oxygen atoms in total. The number of methoxy groups -OCH3 is 1. The average molecular weight is 301 g/mol. The number of carbonyl (C=O) groups excluding carboxylic acids is 1. The van der Waals surface area contributed by atoms with E-state index < -0.39 is 16.0 Å². The predicted molar refractivity (Wildman–Crippen MR) is 74.0 cm³/mol. The fourth-order valence-corrected chi connectivity index (χ4v) is 2.22. The van der Waals surface area contributed by atoms with Crippen molar-refractivity contribution < 1.29 is 22.7 Å². The first-order valence-electron chi connectivity index (χ1n) is 6.22. The van der Waals surface area contributed by atoms with Crippen molar-refractivity contribution in [1.82, 2.24) is 0 Å².